The van der Waals surface area contributed by atoms with Crippen LogP contribution in [0.25, 0.3) is 0 Å². The van der Waals surface area contributed by atoms with Crippen molar-refractivity contribution in [3.8, 4) is 6.07 Å². The summed E-state index contributed by atoms with van der Waals surface area (Å²) in [4.78, 5) is 12.7. The molecule has 0 aromatic heterocycles. The molecular weight excluding hydrogens is 358 g/mol. The standard InChI is InChI=1S/C26H33NO2/c1-9-13-29-21(8)24(14-18(5)10-2)26(25(17(3)4)20(7)28)23-12-11-22(16-27)15-19(23)6/h10-12,14-15,26H,8-9,13H2,1-7H3/b18-10-,24-14+. The third kappa shape index (κ3) is 6.32. The molecule has 0 saturated carbocycles. The summed E-state index contributed by atoms with van der Waals surface area (Å²) in [6.07, 6.45) is 4.94. The van der Waals surface area contributed by atoms with E-state index < -0.39 is 0 Å². The zero-order chi connectivity index (χ0) is 22.1. The number of ketones is 1. The van der Waals surface area contributed by atoms with Crippen LogP contribution in [-0.2, 0) is 9.53 Å². The Morgan fingerprint density at radius 3 is 2.38 bits per heavy atom. The summed E-state index contributed by atoms with van der Waals surface area (Å²) in [5.74, 6) is 0.275. The van der Waals surface area contributed by atoms with Gasteiger partial charge in [-0.05, 0) is 71.2 Å². The van der Waals surface area contributed by atoms with Gasteiger partial charge in [0.05, 0.1) is 18.2 Å². The molecule has 1 rings (SSSR count). The number of ether oxygens (including phenoxy) is 1. The molecule has 0 heterocycles. The van der Waals surface area contributed by atoms with Crippen LogP contribution in [-0.4, -0.2) is 12.4 Å². The maximum absolute atomic E-state index is 12.7. The van der Waals surface area contributed by atoms with E-state index >= 15 is 0 Å². The second-order valence-corrected chi connectivity index (χ2v) is 7.49. The fraction of sp³-hybridized carbons (Fsp3) is 0.385. The summed E-state index contributed by atoms with van der Waals surface area (Å²) in [5.41, 5.74) is 6.16. The molecule has 0 fully saturated rings. The van der Waals surface area contributed by atoms with Crippen molar-refractivity contribution < 1.29 is 9.53 Å². The first kappa shape index (κ1) is 24.2. The monoisotopic (exact) mass is 391 g/mol. The van der Waals surface area contributed by atoms with E-state index in [9.17, 15) is 10.1 Å². The van der Waals surface area contributed by atoms with E-state index in [1.54, 1.807) is 13.0 Å². The molecule has 29 heavy (non-hydrogen) atoms. The lowest BCUT2D eigenvalue weighted by molar-refractivity contribution is -0.113. The number of carbonyl (C=O) groups excluding carboxylic acids is 1. The number of carbonyl (C=O) groups is 1. The Labute approximate surface area is 176 Å². The fourth-order valence-corrected chi connectivity index (χ4v) is 3.35. The molecule has 1 unspecified atom stereocenters. The van der Waals surface area contributed by atoms with E-state index in [-0.39, 0.29) is 11.7 Å². The van der Waals surface area contributed by atoms with Gasteiger partial charge < -0.3 is 4.74 Å². The molecule has 1 aromatic carbocycles. The summed E-state index contributed by atoms with van der Waals surface area (Å²) in [6, 6.07) is 7.79. The Bertz CT molecular complexity index is 903. The molecule has 0 amide bonds. The number of hydrogen-bond donors (Lipinski definition) is 0. The highest BCUT2D eigenvalue weighted by molar-refractivity contribution is 5.96. The summed E-state index contributed by atoms with van der Waals surface area (Å²) in [6.45, 7) is 18.3. The number of benzene rings is 1. The summed E-state index contributed by atoms with van der Waals surface area (Å²) >= 11 is 0. The first-order chi connectivity index (χ1) is 13.7. The fourth-order valence-electron chi connectivity index (χ4n) is 3.35. The molecule has 0 aliphatic carbocycles. The van der Waals surface area contributed by atoms with Gasteiger partial charge in [0.1, 0.15) is 5.76 Å². The maximum Gasteiger partial charge on any atom is 0.156 e. The molecule has 0 N–H and O–H groups in total. The minimum atomic E-state index is -0.315. The predicted molar refractivity (Wildman–Crippen MR) is 121 cm³/mol. The van der Waals surface area contributed by atoms with E-state index in [2.05, 4.69) is 12.6 Å². The van der Waals surface area contributed by atoms with Crippen molar-refractivity contribution in [3.63, 3.8) is 0 Å². The van der Waals surface area contributed by atoms with Crippen LogP contribution in [0.3, 0.4) is 0 Å². The first-order valence-corrected chi connectivity index (χ1v) is 10.0. The number of nitrogens with zero attached hydrogens (tertiary/aromatic N) is 1. The molecule has 0 spiro atoms. The van der Waals surface area contributed by atoms with Crippen LogP contribution in [0.4, 0.5) is 0 Å². The minimum Gasteiger partial charge on any atom is -0.494 e. The molecule has 0 radical (unpaired) electrons. The second-order valence-electron chi connectivity index (χ2n) is 7.49. The molecule has 0 aliphatic rings. The van der Waals surface area contributed by atoms with Crippen LogP contribution < -0.4 is 0 Å². The number of nitriles is 1. The summed E-state index contributed by atoms with van der Waals surface area (Å²) in [7, 11) is 0. The van der Waals surface area contributed by atoms with E-state index in [0.29, 0.717) is 17.9 Å². The lowest BCUT2D eigenvalue weighted by Gasteiger charge is -2.27. The normalized spacial score (nSPS) is 12.8. The molecule has 0 aliphatic heterocycles. The van der Waals surface area contributed by atoms with Gasteiger partial charge in [-0.1, -0.05) is 42.9 Å². The summed E-state index contributed by atoms with van der Waals surface area (Å²) in [5, 5.41) is 9.26. The number of allylic oxidation sites excluding steroid dienone is 6. The lowest BCUT2D eigenvalue weighted by atomic mass is 9.77. The van der Waals surface area contributed by atoms with Gasteiger partial charge in [-0.3, -0.25) is 4.79 Å². The van der Waals surface area contributed by atoms with Crippen LogP contribution in [0.15, 0.2) is 65.0 Å². The molecule has 1 aromatic rings. The maximum atomic E-state index is 12.7. The number of Topliss-reactive ketones (excluding diaryl/α,β-unsaturated/α-hetero) is 1. The average molecular weight is 392 g/mol. The third-order valence-corrected chi connectivity index (χ3v) is 4.87. The van der Waals surface area contributed by atoms with E-state index in [1.165, 1.54) is 0 Å². The molecule has 1 atom stereocenters. The van der Waals surface area contributed by atoms with Gasteiger partial charge in [-0.2, -0.15) is 5.26 Å². The van der Waals surface area contributed by atoms with Gasteiger partial charge in [0.15, 0.2) is 5.78 Å². The van der Waals surface area contributed by atoms with Crippen molar-refractivity contribution in [2.75, 3.05) is 6.61 Å². The molecule has 0 saturated heterocycles. The van der Waals surface area contributed by atoms with Crippen LogP contribution in [0.1, 0.15) is 70.6 Å². The van der Waals surface area contributed by atoms with Crippen LogP contribution in [0.5, 0.6) is 0 Å². The SMILES string of the molecule is C=C(OCCC)/C(=C\C(C)=C/C)C(C(C(C)=O)=C(C)C)c1ccc(C#N)cc1C. The number of aryl methyl sites for hydroxylation is 1. The van der Waals surface area contributed by atoms with E-state index in [1.807, 2.05) is 65.8 Å². The Balaban J connectivity index is 3.87. The second kappa shape index (κ2) is 11.2. The lowest BCUT2D eigenvalue weighted by Crippen LogP contribution is -2.17. The van der Waals surface area contributed by atoms with Gasteiger partial charge in [0.25, 0.3) is 0 Å². The quantitative estimate of drug-likeness (QED) is 0.267. The van der Waals surface area contributed by atoms with Crippen molar-refractivity contribution in [1.82, 2.24) is 0 Å². The highest BCUT2D eigenvalue weighted by Crippen LogP contribution is 2.40. The van der Waals surface area contributed by atoms with Gasteiger partial charge in [-0.25, -0.2) is 0 Å². The Hall–Kier alpha value is -2.86. The van der Waals surface area contributed by atoms with E-state index in [4.69, 9.17) is 4.74 Å². The zero-order valence-electron chi connectivity index (χ0n) is 18.8. The molecule has 3 nitrogen and oxygen atoms in total. The Morgan fingerprint density at radius 1 is 1.28 bits per heavy atom. The Morgan fingerprint density at radius 2 is 1.93 bits per heavy atom. The van der Waals surface area contributed by atoms with Gasteiger partial charge in [0.2, 0.25) is 0 Å². The van der Waals surface area contributed by atoms with Gasteiger partial charge in [0, 0.05) is 17.1 Å². The highest BCUT2D eigenvalue weighted by Gasteiger charge is 2.29. The van der Waals surface area contributed by atoms with E-state index in [0.717, 1.165) is 39.8 Å². The molecule has 154 valence electrons. The van der Waals surface area contributed by atoms with Crippen LogP contribution in [0, 0.1) is 18.3 Å². The van der Waals surface area contributed by atoms with Crippen LogP contribution >= 0.6 is 0 Å². The van der Waals surface area contributed by atoms with Crippen LogP contribution in [0.2, 0.25) is 0 Å². The van der Waals surface area contributed by atoms with Crippen molar-refractivity contribution in [2.24, 2.45) is 0 Å². The molecule has 0 bridgehead atoms. The molecular formula is C26H33NO2. The van der Waals surface area contributed by atoms with Crippen molar-refractivity contribution in [2.45, 2.75) is 60.8 Å². The Kier molecular flexibility index (Phi) is 9.35. The van der Waals surface area contributed by atoms with Crippen molar-refractivity contribution in [1.29, 1.82) is 5.26 Å². The van der Waals surface area contributed by atoms with Crippen molar-refractivity contribution >= 4 is 5.78 Å². The number of rotatable bonds is 9. The van der Waals surface area contributed by atoms with Gasteiger partial charge in [-0.15, -0.1) is 0 Å². The third-order valence-electron chi connectivity index (χ3n) is 4.87. The first-order valence-electron chi connectivity index (χ1n) is 10.0. The zero-order valence-corrected chi connectivity index (χ0v) is 18.8. The number of hydrogen-bond acceptors (Lipinski definition) is 3. The predicted octanol–water partition coefficient (Wildman–Crippen LogP) is 6.71. The largest absolute Gasteiger partial charge is 0.494 e. The van der Waals surface area contributed by atoms with Gasteiger partial charge >= 0.3 is 0 Å². The topological polar surface area (TPSA) is 50.1 Å². The van der Waals surface area contributed by atoms with Crippen molar-refractivity contribution in [3.05, 3.63) is 81.7 Å². The highest BCUT2D eigenvalue weighted by atomic mass is 16.5. The average Bonchev–Trinajstić information content (AvgIpc) is 2.67. The summed E-state index contributed by atoms with van der Waals surface area (Å²) < 4.78 is 5.92. The smallest absolute Gasteiger partial charge is 0.156 e. The minimum absolute atomic E-state index is 0.0195. The molecule has 3 heteroatoms.